The lowest BCUT2D eigenvalue weighted by Crippen LogP contribution is -2.31. The fourth-order valence-electron chi connectivity index (χ4n) is 5.00. The van der Waals surface area contributed by atoms with Gasteiger partial charge in [-0.2, -0.15) is 0 Å². The Labute approximate surface area is 181 Å². The van der Waals surface area contributed by atoms with Gasteiger partial charge in [0.1, 0.15) is 0 Å². The average molecular weight is 415 g/mol. The number of aromatic nitrogens is 3. The number of anilines is 2. The Balaban J connectivity index is 1.33. The third-order valence-electron chi connectivity index (χ3n) is 6.98. The largest absolute Gasteiger partial charge is 0.357 e. The Kier molecular flexibility index (Phi) is 3.99. The van der Waals surface area contributed by atoms with Gasteiger partial charge in [-0.05, 0) is 43.0 Å². The third-order valence-corrected chi connectivity index (χ3v) is 6.98. The number of hydrogen-bond acceptors (Lipinski definition) is 5. The quantitative estimate of drug-likeness (QED) is 0.713. The Morgan fingerprint density at radius 2 is 1.97 bits per heavy atom. The predicted octanol–water partition coefficient (Wildman–Crippen LogP) is 2.84. The molecule has 7 nitrogen and oxygen atoms in total. The summed E-state index contributed by atoms with van der Waals surface area (Å²) in [4.78, 5) is 26.5. The first-order valence-electron chi connectivity index (χ1n) is 10.9. The minimum Gasteiger partial charge on any atom is -0.357 e. The maximum atomic E-state index is 13.0. The van der Waals surface area contributed by atoms with E-state index < -0.39 is 0 Å². The molecule has 2 aromatic heterocycles. The maximum Gasteiger partial charge on any atom is 0.253 e. The van der Waals surface area contributed by atoms with Gasteiger partial charge in [0.2, 0.25) is 5.95 Å². The number of hydrogen-bond donors (Lipinski definition) is 1. The van der Waals surface area contributed by atoms with Crippen molar-refractivity contribution in [1.82, 2.24) is 19.4 Å². The zero-order chi connectivity index (χ0) is 21.2. The second-order valence-corrected chi connectivity index (χ2v) is 9.24. The SMILES string of the molecule is Cn1ccc(-c2cnc(N3CC4(CC4)c4ccc(C(=O)N5CC[C@@H](N)C5)cc43)nc2)c1. The molecule has 158 valence electrons. The summed E-state index contributed by atoms with van der Waals surface area (Å²) >= 11 is 0. The summed E-state index contributed by atoms with van der Waals surface area (Å²) in [5.41, 5.74) is 11.4. The van der Waals surface area contributed by atoms with Crippen LogP contribution in [0.1, 0.15) is 35.2 Å². The number of amides is 1. The summed E-state index contributed by atoms with van der Waals surface area (Å²) in [7, 11) is 2.00. The molecule has 1 saturated carbocycles. The van der Waals surface area contributed by atoms with E-state index in [9.17, 15) is 4.79 Å². The summed E-state index contributed by atoms with van der Waals surface area (Å²) in [6.07, 6.45) is 11.1. The maximum absolute atomic E-state index is 13.0. The lowest BCUT2D eigenvalue weighted by Gasteiger charge is -2.20. The van der Waals surface area contributed by atoms with Gasteiger partial charge < -0.3 is 20.1 Å². The van der Waals surface area contributed by atoms with Gasteiger partial charge in [0.25, 0.3) is 5.91 Å². The Morgan fingerprint density at radius 1 is 1.16 bits per heavy atom. The molecule has 3 aliphatic rings. The van der Waals surface area contributed by atoms with Crippen LogP contribution in [0.5, 0.6) is 0 Å². The van der Waals surface area contributed by atoms with Gasteiger partial charge >= 0.3 is 0 Å². The normalized spacial score (nSPS) is 21.0. The molecule has 0 unspecified atom stereocenters. The molecular weight excluding hydrogens is 388 g/mol. The number of likely N-dealkylation sites (tertiary alicyclic amines) is 1. The van der Waals surface area contributed by atoms with Crippen LogP contribution >= 0.6 is 0 Å². The number of carbonyl (C=O) groups is 1. The van der Waals surface area contributed by atoms with Crippen LogP contribution in [0.3, 0.4) is 0 Å². The van der Waals surface area contributed by atoms with Crippen molar-refractivity contribution in [1.29, 1.82) is 0 Å². The number of benzene rings is 1. The van der Waals surface area contributed by atoms with Crippen LogP contribution in [0.15, 0.2) is 49.1 Å². The van der Waals surface area contributed by atoms with Crippen molar-refractivity contribution in [3.63, 3.8) is 0 Å². The van der Waals surface area contributed by atoms with Crippen LogP contribution in [-0.4, -0.2) is 51.0 Å². The van der Waals surface area contributed by atoms with Gasteiger partial charge in [0.15, 0.2) is 0 Å². The number of fused-ring (bicyclic) bond motifs is 2. The highest BCUT2D eigenvalue weighted by Crippen LogP contribution is 2.57. The fourth-order valence-corrected chi connectivity index (χ4v) is 5.00. The Bertz CT molecular complexity index is 1160. The van der Waals surface area contributed by atoms with Gasteiger partial charge in [-0.15, -0.1) is 0 Å². The molecule has 6 rings (SSSR count). The van der Waals surface area contributed by atoms with E-state index >= 15 is 0 Å². The smallest absolute Gasteiger partial charge is 0.253 e. The van der Waals surface area contributed by atoms with Gasteiger partial charge in [0.05, 0.1) is 0 Å². The number of nitrogens with two attached hydrogens (primary N) is 1. The van der Waals surface area contributed by atoms with Crippen LogP contribution < -0.4 is 10.6 Å². The highest BCUT2D eigenvalue weighted by Gasteiger charge is 2.52. The molecule has 1 amide bonds. The molecule has 2 N–H and O–H groups in total. The summed E-state index contributed by atoms with van der Waals surface area (Å²) in [5, 5.41) is 0. The second-order valence-electron chi connectivity index (χ2n) is 9.24. The van der Waals surface area contributed by atoms with E-state index in [-0.39, 0.29) is 17.4 Å². The van der Waals surface area contributed by atoms with E-state index in [4.69, 9.17) is 15.7 Å². The van der Waals surface area contributed by atoms with Gasteiger partial charge in [0, 0.05) is 85.3 Å². The van der Waals surface area contributed by atoms with Crippen molar-refractivity contribution in [2.75, 3.05) is 24.5 Å². The van der Waals surface area contributed by atoms with Crippen LogP contribution in [0.25, 0.3) is 11.1 Å². The first kappa shape index (κ1) is 18.6. The summed E-state index contributed by atoms with van der Waals surface area (Å²) in [6.45, 7) is 2.24. The van der Waals surface area contributed by atoms with Gasteiger partial charge in [-0.3, -0.25) is 4.79 Å². The number of carbonyl (C=O) groups excluding carboxylic acids is 1. The van der Waals surface area contributed by atoms with Crippen molar-refractivity contribution in [2.45, 2.75) is 30.7 Å². The van der Waals surface area contributed by atoms with Crippen molar-refractivity contribution >= 4 is 17.5 Å². The minimum atomic E-state index is 0.0628. The van der Waals surface area contributed by atoms with E-state index in [0.717, 1.165) is 41.9 Å². The molecule has 0 bridgehead atoms. The lowest BCUT2D eigenvalue weighted by atomic mass is 9.97. The first-order chi connectivity index (χ1) is 15.0. The van der Waals surface area contributed by atoms with Crippen LogP contribution in [0, 0.1) is 0 Å². The Morgan fingerprint density at radius 3 is 2.61 bits per heavy atom. The topological polar surface area (TPSA) is 80.3 Å². The van der Waals surface area contributed by atoms with E-state index in [0.29, 0.717) is 12.5 Å². The van der Waals surface area contributed by atoms with Crippen molar-refractivity contribution < 1.29 is 4.79 Å². The molecule has 1 aromatic carbocycles. The van der Waals surface area contributed by atoms with E-state index in [1.54, 1.807) is 0 Å². The van der Waals surface area contributed by atoms with Crippen LogP contribution in [0.4, 0.5) is 11.6 Å². The van der Waals surface area contributed by atoms with Gasteiger partial charge in [-0.25, -0.2) is 9.97 Å². The summed E-state index contributed by atoms with van der Waals surface area (Å²) in [5.74, 6) is 0.755. The fraction of sp³-hybridized carbons (Fsp3) is 0.375. The highest BCUT2D eigenvalue weighted by molar-refractivity contribution is 5.96. The monoisotopic (exact) mass is 414 g/mol. The first-order valence-corrected chi connectivity index (χ1v) is 10.9. The predicted molar refractivity (Wildman–Crippen MR) is 119 cm³/mol. The third kappa shape index (κ3) is 3.03. The van der Waals surface area contributed by atoms with Gasteiger partial charge in [-0.1, -0.05) is 6.07 Å². The number of nitrogens with zero attached hydrogens (tertiary/aromatic N) is 5. The van der Waals surface area contributed by atoms with E-state index in [1.165, 1.54) is 18.4 Å². The van der Waals surface area contributed by atoms with E-state index in [2.05, 4.69) is 23.2 Å². The summed E-state index contributed by atoms with van der Waals surface area (Å²) < 4.78 is 2.02. The molecule has 2 fully saturated rings. The molecule has 3 aromatic rings. The molecule has 4 heterocycles. The van der Waals surface area contributed by atoms with Crippen molar-refractivity contribution in [2.24, 2.45) is 12.8 Å². The van der Waals surface area contributed by atoms with Crippen molar-refractivity contribution in [3.8, 4) is 11.1 Å². The molecule has 2 aliphatic heterocycles. The number of aryl methyl sites for hydroxylation is 1. The molecule has 1 spiro atoms. The molecule has 1 atom stereocenters. The van der Waals surface area contributed by atoms with E-state index in [1.807, 2.05) is 47.2 Å². The van der Waals surface area contributed by atoms with Crippen LogP contribution in [0.2, 0.25) is 0 Å². The van der Waals surface area contributed by atoms with Crippen LogP contribution in [-0.2, 0) is 12.5 Å². The second kappa shape index (κ2) is 6.65. The molecule has 1 saturated heterocycles. The minimum absolute atomic E-state index is 0.0628. The summed E-state index contributed by atoms with van der Waals surface area (Å²) in [6, 6.07) is 8.30. The highest BCUT2D eigenvalue weighted by atomic mass is 16.2. The molecule has 0 radical (unpaired) electrons. The zero-order valence-electron chi connectivity index (χ0n) is 17.7. The molecule has 1 aliphatic carbocycles. The molecule has 31 heavy (non-hydrogen) atoms. The Hall–Kier alpha value is -3.19. The lowest BCUT2D eigenvalue weighted by molar-refractivity contribution is 0.0791. The molecular formula is C24H26N6O. The number of rotatable bonds is 3. The standard InChI is InChI=1S/C24H26N6O/c1-28-8-4-17(13-28)18-11-26-23(27-12-18)30-15-24(6-7-24)20-3-2-16(10-21(20)30)22(31)29-9-5-19(25)14-29/h2-4,8,10-13,19H,5-7,9,14-15,25H2,1H3/t19-/m1/s1. The average Bonchev–Trinajstić information content (AvgIpc) is 3.08. The van der Waals surface area contributed by atoms with Crippen molar-refractivity contribution in [3.05, 3.63) is 60.2 Å². The molecule has 7 heteroatoms. The zero-order valence-corrected chi connectivity index (χ0v) is 17.7.